The molecular formula is C13H22N2. The minimum Gasteiger partial charge on any atom is -0.357 e. The summed E-state index contributed by atoms with van der Waals surface area (Å²) in [7, 11) is 2.12. The molecule has 2 heteroatoms. The summed E-state index contributed by atoms with van der Waals surface area (Å²) in [4.78, 5) is 0. The highest BCUT2D eigenvalue weighted by Gasteiger charge is 2.35. The van der Waals surface area contributed by atoms with Gasteiger partial charge >= 0.3 is 0 Å². The molecular weight excluding hydrogens is 184 g/mol. The first kappa shape index (κ1) is 10.7. The molecule has 0 radical (unpaired) electrons. The Balaban J connectivity index is 2.38. The van der Waals surface area contributed by atoms with Crippen LogP contribution in [0.2, 0.25) is 0 Å². The Hall–Kier alpha value is -0.760. The average Bonchev–Trinajstić information content (AvgIpc) is 2.51. The smallest absolute Gasteiger partial charge is 0.0106 e. The zero-order valence-electron chi connectivity index (χ0n) is 10.1. The number of fused-ring (bicyclic) bond motifs is 1. The van der Waals surface area contributed by atoms with Crippen LogP contribution in [0, 0.1) is 5.41 Å². The van der Waals surface area contributed by atoms with Crippen LogP contribution in [-0.4, -0.2) is 11.1 Å². The fourth-order valence-electron chi connectivity index (χ4n) is 2.95. The number of rotatable bonds is 2. The molecule has 0 bridgehead atoms. The molecule has 1 aliphatic carbocycles. The first-order chi connectivity index (χ1) is 7.04. The van der Waals surface area contributed by atoms with Gasteiger partial charge in [0.05, 0.1) is 0 Å². The molecule has 0 spiro atoms. The van der Waals surface area contributed by atoms with Crippen LogP contribution in [0.25, 0.3) is 0 Å². The van der Waals surface area contributed by atoms with Crippen LogP contribution in [0.5, 0.6) is 0 Å². The van der Waals surface area contributed by atoms with Crippen molar-refractivity contribution in [1.82, 2.24) is 4.57 Å². The van der Waals surface area contributed by atoms with E-state index in [-0.39, 0.29) is 0 Å². The molecule has 0 aliphatic heterocycles. The zero-order chi connectivity index (χ0) is 11.1. The van der Waals surface area contributed by atoms with Gasteiger partial charge in [-0.15, -0.1) is 0 Å². The highest BCUT2D eigenvalue weighted by Crippen LogP contribution is 2.46. The molecule has 1 aromatic heterocycles. The van der Waals surface area contributed by atoms with E-state index < -0.39 is 0 Å². The third-order valence-corrected chi connectivity index (χ3v) is 3.89. The molecule has 1 atom stereocenters. The molecule has 0 saturated heterocycles. The normalized spacial score (nSPS) is 23.9. The van der Waals surface area contributed by atoms with E-state index in [0.29, 0.717) is 11.3 Å². The Bertz CT molecular complexity index is 349. The maximum Gasteiger partial charge on any atom is 0.0106 e. The van der Waals surface area contributed by atoms with Crippen molar-refractivity contribution >= 4 is 0 Å². The second-order valence-corrected chi connectivity index (χ2v) is 5.52. The summed E-state index contributed by atoms with van der Waals surface area (Å²) in [6, 6.07) is 0. The molecule has 0 saturated carbocycles. The van der Waals surface area contributed by atoms with Gasteiger partial charge in [-0.3, -0.25) is 0 Å². The van der Waals surface area contributed by atoms with E-state index in [1.165, 1.54) is 18.4 Å². The highest BCUT2D eigenvalue weighted by atomic mass is 14.9. The van der Waals surface area contributed by atoms with E-state index in [2.05, 4.69) is 37.9 Å². The molecule has 2 rings (SSSR count). The number of aryl methyl sites for hydroxylation is 2. The van der Waals surface area contributed by atoms with Crippen molar-refractivity contribution in [1.29, 1.82) is 0 Å². The first-order valence-electron chi connectivity index (χ1n) is 5.89. The third kappa shape index (κ3) is 1.83. The molecule has 0 fully saturated rings. The van der Waals surface area contributed by atoms with E-state index in [1.807, 2.05) is 0 Å². The van der Waals surface area contributed by atoms with Crippen molar-refractivity contribution in [3.63, 3.8) is 0 Å². The van der Waals surface area contributed by atoms with Gasteiger partial charge in [0.25, 0.3) is 0 Å². The SMILES string of the molecule is Cn1cc2c(c1)C(CCN)C(C)(C)CC2. The van der Waals surface area contributed by atoms with Gasteiger partial charge < -0.3 is 10.3 Å². The van der Waals surface area contributed by atoms with Gasteiger partial charge in [-0.05, 0) is 48.3 Å². The van der Waals surface area contributed by atoms with Gasteiger partial charge in [-0.2, -0.15) is 0 Å². The Morgan fingerprint density at radius 2 is 2.20 bits per heavy atom. The van der Waals surface area contributed by atoms with Crippen molar-refractivity contribution in [2.24, 2.45) is 18.2 Å². The largest absolute Gasteiger partial charge is 0.357 e. The van der Waals surface area contributed by atoms with Crippen LogP contribution in [0.3, 0.4) is 0 Å². The lowest BCUT2D eigenvalue weighted by atomic mass is 9.66. The van der Waals surface area contributed by atoms with Crippen molar-refractivity contribution in [2.75, 3.05) is 6.54 Å². The Morgan fingerprint density at radius 3 is 2.87 bits per heavy atom. The Kier molecular flexibility index (Phi) is 2.63. The van der Waals surface area contributed by atoms with Crippen LogP contribution in [0.4, 0.5) is 0 Å². The lowest BCUT2D eigenvalue weighted by molar-refractivity contribution is 0.236. The maximum atomic E-state index is 5.74. The van der Waals surface area contributed by atoms with Crippen molar-refractivity contribution in [2.45, 2.75) is 39.0 Å². The van der Waals surface area contributed by atoms with Crippen LogP contribution in [0.15, 0.2) is 12.4 Å². The van der Waals surface area contributed by atoms with Crippen molar-refractivity contribution in [3.8, 4) is 0 Å². The summed E-state index contributed by atoms with van der Waals surface area (Å²) in [5.74, 6) is 0.646. The van der Waals surface area contributed by atoms with E-state index in [4.69, 9.17) is 5.73 Å². The summed E-state index contributed by atoms with van der Waals surface area (Å²) in [5, 5.41) is 0. The molecule has 2 N–H and O–H groups in total. The van der Waals surface area contributed by atoms with Gasteiger partial charge in [0.15, 0.2) is 0 Å². The molecule has 2 nitrogen and oxygen atoms in total. The molecule has 1 aliphatic rings. The first-order valence-corrected chi connectivity index (χ1v) is 5.89. The van der Waals surface area contributed by atoms with E-state index in [0.717, 1.165) is 13.0 Å². The Morgan fingerprint density at radius 1 is 1.47 bits per heavy atom. The molecule has 0 aromatic carbocycles. The summed E-state index contributed by atoms with van der Waals surface area (Å²) < 4.78 is 2.19. The molecule has 15 heavy (non-hydrogen) atoms. The average molecular weight is 206 g/mol. The highest BCUT2D eigenvalue weighted by molar-refractivity contribution is 5.33. The van der Waals surface area contributed by atoms with E-state index in [9.17, 15) is 0 Å². The maximum absolute atomic E-state index is 5.74. The number of aromatic nitrogens is 1. The minimum absolute atomic E-state index is 0.410. The Labute approximate surface area is 92.5 Å². The van der Waals surface area contributed by atoms with Gasteiger partial charge in [-0.25, -0.2) is 0 Å². The van der Waals surface area contributed by atoms with Gasteiger partial charge in [0, 0.05) is 19.4 Å². The second kappa shape index (κ2) is 3.67. The molecule has 1 aromatic rings. The summed E-state index contributed by atoms with van der Waals surface area (Å²) in [6.45, 7) is 5.55. The predicted octanol–water partition coefficient (Wildman–Crippen LogP) is 2.43. The van der Waals surface area contributed by atoms with Crippen LogP contribution >= 0.6 is 0 Å². The summed E-state index contributed by atoms with van der Waals surface area (Å²) >= 11 is 0. The van der Waals surface area contributed by atoms with E-state index in [1.54, 1.807) is 5.56 Å². The molecule has 1 heterocycles. The number of hydrogen-bond donors (Lipinski definition) is 1. The molecule has 1 unspecified atom stereocenters. The summed E-state index contributed by atoms with van der Waals surface area (Å²) in [5.41, 5.74) is 9.23. The topological polar surface area (TPSA) is 30.9 Å². The lowest BCUT2D eigenvalue weighted by Crippen LogP contribution is -2.29. The number of nitrogens with two attached hydrogens (primary N) is 1. The van der Waals surface area contributed by atoms with E-state index >= 15 is 0 Å². The van der Waals surface area contributed by atoms with Crippen LogP contribution < -0.4 is 5.73 Å². The summed E-state index contributed by atoms with van der Waals surface area (Å²) in [6.07, 6.45) is 8.19. The standard InChI is InChI=1S/C13H22N2/c1-13(2)6-4-10-8-15(3)9-11(10)12(13)5-7-14/h8-9,12H,4-7,14H2,1-3H3. The fraction of sp³-hybridized carbons (Fsp3) is 0.692. The van der Waals surface area contributed by atoms with Crippen molar-refractivity contribution < 1.29 is 0 Å². The quantitative estimate of drug-likeness (QED) is 0.791. The monoisotopic (exact) mass is 206 g/mol. The van der Waals surface area contributed by atoms with Crippen LogP contribution in [-0.2, 0) is 13.5 Å². The number of hydrogen-bond acceptors (Lipinski definition) is 1. The second-order valence-electron chi connectivity index (χ2n) is 5.52. The fourth-order valence-corrected chi connectivity index (χ4v) is 2.95. The predicted molar refractivity (Wildman–Crippen MR) is 63.9 cm³/mol. The van der Waals surface area contributed by atoms with Crippen LogP contribution in [0.1, 0.15) is 43.7 Å². The number of nitrogens with zero attached hydrogens (tertiary/aromatic N) is 1. The third-order valence-electron chi connectivity index (χ3n) is 3.89. The zero-order valence-corrected chi connectivity index (χ0v) is 10.1. The van der Waals surface area contributed by atoms with Gasteiger partial charge in [0.2, 0.25) is 0 Å². The van der Waals surface area contributed by atoms with Gasteiger partial charge in [0.1, 0.15) is 0 Å². The lowest BCUT2D eigenvalue weighted by Gasteiger charge is -2.38. The van der Waals surface area contributed by atoms with Gasteiger partial charge in [-0.1, -0.05) is 13.8 Å². The molecule has 0 amide bonds. The van der Waals surface area contributed by atoms with Crippen molar-refractivity contribution in [3.05, 3.63) is 23.5 Å². The minimum atomic E-state index is 0.410. The molecule has 84 valence electrons.